The largest absolute Gasteiger partial charge is 0.391 e. The molecule has 2 rings (SSSR count). The van der Waals surface area contributed by atoms with Crippen LogP contribution in [0.5, 0.6) is 0 Å². The molecule has 1 saturated carbocycles. The van der Waals surface area contributed by atoms with Crippen molar-refractivity contribution in [2.75, 3.05) is 0 Å². The van der Waals surface area contributed by atoms with E-state index in [-0.39, 0.29) is 18.8 Å². The molecule has 0 amide bonds. The minimum atomic E-state index is -4.11. The Hall–Kier alpha value is -0.740. The van der Waals surface area contributed by atoms with Crippen molar-refractivity contribution in [3.8, 4) is 0 Å². The zero-order valence-corrected chi connectivity index (χ0v) is 11.1. The molecule has 0 radical (unpaired) electrons. The van der Waals surface area contributed by atoms with Crippen LogP contribution in [0.3, 0.4) is 0 Å². The molecule has 19 heavy (non-hydrogen) atoms. The normalized spacial score (nSPS) is 26.2. The van der Waals surface area contributed by atoms with Crippen LogP contribution in [0.4, 0.5) is 13.2 Å². The summed E-state index contributed by atoms with van der Waals surface area (Å²) in [5, 5.41) is 10.7. The van der Waals surface area contributed by atoms with Crippen LogP contribution in [-0.4, -0.2) is 11.3 Å². The zero-order chi connectivity index (χ0) is 14.0. The van der Waals surface area contributed by atoms with Crippen molar-refractivity contribution in [1.82, 2.24) is 0 Å². The first-order valence-corrected chi connectivity index (χ1v) is 6.76. The highest BCUT2D eigenvalue weighted by atomic mass is 35.5. The van der Waals surface area contributed by atoms with E-state index in [9.17, 15) is 18.3 Å². The SMILES string of the molecule is OC(c1cccc(Cl)c1)C1CCC(C(F)(F)F)CC1. The van der Waals surface area contributed by atoms with Gasteiger partial charge in [-0.25, -0.2) is 0 Å². The summed E-state index contributed by atoms with van der Waals surface area (Å²) in [6.07, 6.45) is -3.83. The second-order valence-electron chi connectivity index (χ2n) is 5.15. The zero-order valence-electron chi connectivity index (χ0n) is 10.3. The Balaban J connectivity index is 1.98. The number of aliphatic hydroxyl groups is 1. The minimum Gasteiger partial charge on any atom is -0.388 e. The van der Waals surface area contributed by atoms with E-state index in [1.54, 1.807) is 24.3 Å². The van der Waals surface area contributed by atoms with Crippen molar-refractivity contribution in [2.24, 2.45) is 11.8 Å². The number of alkyl halides is 3. The number of hydrogen-bond donors (Lipinski definition) is 1. The quantitative estimate of drug-likeness (QED) is 0.834. The van der Waals surface area contributed by atoms with Gasteiger partial charge in [0.15, 0.2) is 0 Å². The lowest BCUT2D eigenvalue weighted by atomic mass is 9.77. The molecule has 0 bridgehead atoms. The second kappa shape index (κ2) is 5.71. The first-order valence-electron chi connectivity index (χ1n) is 6.38. The van der Waals surface area contributed by atoms with Gasteiger partial charge in [0.1, 0.15) is 0 Å². The maximum atomic E-state index is 12.6. The van der Waals surface area contributed by atoms with Gasteiger partial charge in [0, 0.05) is 5.02 Å². The first-order chi connectivity index (χ1) is 8.88. The fourth-order valence-electron chi connectivity index (χ4n) is 2.72. The van der Waals surface area contributed by atoms with Crippen LogP contribution in [0.25, 0.3) is 0 Å². The molecule has 5 heteroatoms. The Morgan fingerprint density at radius 1 is 1.16 bits per heavy atom. The van der Waals surface area contributed by atoms with Crippen LogP contribution in [0.1, 0.15) is 37.4 Å². The van der Waals surface area contributed by atoms with Crippen molar-refractivity contribution in [3.05, 3.63) is 34.9 Å². The van der Waals surface area contributed by atoms with Gasteiger partial charge in [0.2, 0.25) is 0 Å². The van der Waals surface area contributed by atoms with E-state index < -0.39 is 18.2 Å². The van der Waals surface area contributed by atoms with Gasteiger partial charge >= 0.3 is 6.18 Å². The summed E-state index contributed by atoms with van der Waals surface area (Å²) in [4.78, 5) is 0. The molecule has 0 aromatic heterocycles. The van der Waals surface area contributed by atoms with Gasteiger partial charge in [-0.3, -0.25) is 0 Å². The average Bonchev–Trinajstić information content (AvgIpc) is 2.37. The molecule has 1 unspecified atom stereocenters. The van der Waals surface area contributed by atoms with Gasteiger partial charge in [-0.2, -0.15) is 13.2 Å². The van der Waals surface area contributed by atoms with Crippen LogP contribution < -0.4 is 0 Å². The summed E-state index contributed by atoms with van der Waals surface area (Å²) in [5.74, 6) is -1.33. The van der Waals surface area contributed by atoms with Crippen molar-refractivity contribution in [1.29, 1.82) is 0 Å². The third-order valence-electron chi connectivity index (χ3n) is 3.87. The molecule has 0 aliphatic heterocycles. The molecule has 1 aromatic rings. The molecule has 1 atom stereocenters. The summed E-state index contributed by atoms with van der Waals surface area (Å²) in [6, 6.07) is 6.87. The van der Waals surface area contributed by atoms with Gasteiger partial charge in [0.05, 0.1) is 12.0 Å². The summed E-state index contributed by atoms with van der Waals surface area (Å²) >= 11 is 5.85. The molecule has 1 aliphatic rings. The molecule has 1 aromatic carbocycles. The van der Waals surface area contributed by atoms with E-state index in [1.807, 2.05) is 0 Å². The Bertz CT molecular complexity index is 425. The minimum absolute atomic E-state index is 0.103. The summed E-state index contributed by atoms with van der Waals surface area (Å²) in [7, 11) is 0. The van der Waals surface area contributed by atoms with E-state index >= 15 is 0 Å². The molecule has 1 N–H and O–H groups in total. The molecule has 1 nitrogen and oxygen atoms in total. The lowest BCUT2D eigenvalue weighted by molar-refractivity contribution is -0.185. The number of hydrogen-bond acceptors (Lipinski definition) is 1. The number of rotatable bonds is 2. The van der Waals surface area contributed by atoms with E-state index in [0.717, 1.165) is 0 Å². The smallest absolute Gasteiger partial charge is 0.388 e. The maximum absolute atomic E-state index is 12.6. The molecule has 0 heterocycles. The lowest BCUT2D eigenvalue weighted by Gasteiger charge is -2.32. The summed E-state index contributed by atoms with van der Waals surface area (Å²) in [5.41, 5.74) is 0.683. The van der Waals surface area contributed by atoms with Crippen LogP contribution in [-0.2, 0) is 0 Å². The predicted octanol–water partition coefficient (Wildman–Crippen LogP) is 4.74. The highest BCUT2D eigenvalue weighted by molar-refractivity contribution is 6.30. The number of aliphatic hydroxyl groups excluding tert-OH is 1. The third kappa shape index (κ3) is 3.63. The van der Waals surface area contributed by atoms with E-state index in [2.05, 4.69) is 0 Å². The van der Waals surface area contributed by atoms with E-state index in [0.29, 0.717) is 23.4 Å². The molecule has 0 spiro atoms. The maximum Gasteiger partial charge on any atom is 0.391 e. The lowest BCUT2D eigenvalue weighted by Crippen LogP contribution is -2.29. The van der Waals surface area contributed by atoms with E-state index in [1.165, 1.54) is 0 Å². The highest BCUT2D eigenvalue weighted by Crippen LogP contribution is 2.43. The number of halogens is 4. The summed E-state index contributed by atoms with van der Waals surface area (Å²) in [6.45, 7) is 0. The topological polar surface area (TPSA) is 20.2 Å². The molecule has 0 saturated heterocycles. The van der Waals surface area contributed by atoms with Gasteiger partial charge in [-0.05, 0) is 49.3 Å². The van der Waals surface area contributed by atoms with Crippen molar-refractivity contribution < 1.29 is 18.3 Å². The van der Waals surface area contributed by atoms with E-state index in [4.69, 9.17) is 11.6 Å². The molecule has 106 valence electrons. The molecular formula is C14H16ClF3O. The Kier molecular flexibility index (Phi) is 4.41. The highest BCUT2D eigenvalue weighted by Gasteiger charge is 2.42. The Labute approximate surface area is 115 Å². The third-order valence-corrected chi connectivity index (χ3v) is 4.11. The van der Waals surface area contributed by atoms with Crippen molar-refractivity contribution in [3.63, 3.8) is 0 Å². The van der Waals surface area contributed by atoms with Crippen molar-refractivity contribution >= 4 is 11.6 Å². The van der Waals surface area contributed by atoms with Crippen molar-refractivity contribution in [2.45, 2.75) is 38.0 Å². The molecular weight excluding hydrogens is 277 g/mol. The standard InChI is InChI=1S/C14H16ClF3O/c15-12-3-1-2-10(8-12)13(19)9-4-6-11(7-5-9)14(16,17)18/h1-3,8-9,11,13,19H,4-7H2. The van der Waals surface area contributed by atoms with Crippen LogP contribution >= 0.6 is 11.6 Å². The Morgan fingerprint density at radius 3 is 2.32 bits per heavy atom. The second-order valence-corrected chi connectivity index (χ2v) is 5.59. The molecule has 1 fully saturated rings. The monoisotopic (exact) mass is 292 g/mol. The number of benzene rings is 1. The van der Waals surface area contributed by atoms with Gasteiger partial charge in [0.25, 0.3) is 0 Å². The Morgan fingerprint density at radius 2 is 1.79 bits per heavy atom. The fourth-order valence-corrected chi connectivity index (χ4v) is 2.92. The predicted molar refractivity (Wildman–Crippen MR) is 67.9 cm³/mol. The van der Waals surface area contributed by atoms with Crippen LogP contribution in [0, 0.1) is 11.8 Å². The van der Waals surface area contributed by atoms with Crippen LogP contribution in [0.2, 0.25) is 5.02 Å². The first kappa shape index (κ1) is 14.7. The summed E-state index contributed by atoms with van der Waals surface area (Å²) < 4.78 is 37.7. The molecule has 1 aliphatic carbocycles. The van der Waals surface area contributed by atoms with Crippen LogP contribution in [0.15, 0.2) is 24.3 Å². The average molecular weight is 293 g/mol. The van der Waals surface area contributed by atoms with Gasteiger partial charge in [-0.15, -0.1) is 0 Å². The van der Waals surface area contributed by atoms with Gasteiger partial charge < -0.3 is 5.11 Å². The fraction of sp³-hybridized carbons (Fsp3) is 0.571. The van der Waals surface area contributed by atoms with Gasteiger partial charge in [-0.1, -0.05) is 23.7 Å².